The van der Waals surface area contributed by atoms with Gasteiger partial charge in [0.05, 0.1) is 6.54 Å². The first-order valence-electron chi connectivity index (χ1n) is 3.50. The van der Waals surface area contributed by atoms with Crippen LogP contribution in [0, 0.1) is 0 Å². The van der Waals surface area contributed by atoms with Crippen LogP contribution in [0.15, 0.2) is 24.3 Å². The van der Waals surface area contributed by atoms with E-state index in [1.807, 2.05) is 0 Å². The van der Waals surface area contributed by atoms with Crippen LogP contribution in [-0.4, -0.2) is 28.7 Å². The molecular formula is C8H10Cl3NO. The molecule has 2 nitrogen and oxygen atoms in total. The standard InChI is InChI=1S/C8H10Cl3NO/c1-3-4-12(5-6(2)9)8(13)7(10)11/h3,7H,1-2,4-5H2. The zero-order valence-electron chi connectivity index (χ0n) is 6.97. The summed E-state index contributed by atoms with van der Waals surface area (Å²) < 4.78 is 0. The van der Waals surface area contributed by atoms with Crippen molar-refractivity contribution in [3.63, 3.8) is 0 Å². The summed E-state index contributed by atoms with van der Waals surface area (Å²) in [5.74, 6) is -0.398. The molecule has 5 heteroatoms. The number of nitrogens with zero attached hydrogens (tertiary/aromatic N) is 1. The molecule has 0 radical (unpaired) electrons. The van der Waals surface area contributed by atoms with Crippen LogP contribution in [0.25, 0.3) is 0 Å². The molecule has 74 valence electrons. The Morgan fingerprint density at radius 1 is 1.54 bits per heavy atom. The van der Waals surface area contributed by atoms with Crippen LogP contribution in [-0.2, 0) is 4.79 Å². The number of rotatable bonds is 5. The van der Waals surface area contributed by atoms with Crippen LogP contribution in [0.3, 0.4) is 0 Å². The van der Waals surface area contributed by atoms with Gasteiger partial charge in [0.25, 0.3) is 5.91 Å². The average Bonchev–Trinajstić information content (AvgIpc) is 2.01. The quantitative estimate of drug-likeness (QED) is 0.536. The van der Waals surface area contributed by atoms with E-state index >= 15 is 0 Å². The summed E-state index contributed by atoms with van der Waals surface area (Å²) >= 11 is 16.4. The van der Waals surface area contributed by atoms with Gasteiger partial charge in [-0.2, -0.15) is 0 Å². The van der Waals surface area contributed by atoms with Gasteiger partial charge in [-0.1, -0.05) is 47.5 Å². The summed E-state index contributed by atoms with van der Waals surface area (Å²) in [4.78, 5) is 11.6. The number of hydrogen-bond donors (Lipinski definition) is 0. The minimum Gasteiger partial charge on any atom is -0.331 e. The molecule has 0 bridgehead atoms. The summed E-state index contributed by atoms with van der Waals surface area (Å²) in [6.07, 6.45) is 1.56. The lowest BCUT2D eigenvalue weighted by Crippen LogP contribution is -2.35. The molecule has 0 saturated heterocycles. The van der Waals surface area contributed by atoms with Crippen LogP contribution in [0.2, 0.25) is 0 Å². The van der Waals surface area contributed by atoms with E-state index in [0.29, 0.717) is 11.6 Å². The summed E-state index contributed by atoms with van der Waals surface area (Å²) in [7, 11) is 0. The Morgan fingerprint density at radius 3 is 2.38 bits per heavy atom. The maximum Gasteiger partial charge on any atom is 0.256 e. The lowest BCUT2D eigenvalue weighted by Gasteiger charge is -2.20. The molecule has 13 heavy (non-hydrogen) atoms. The van der Waals surface area contributed by atoms with Gasteiger partial charge in [-0.25, -0.2) is 0 Å². The molecule has 0 heterocycles. The SMILES string of the molecule is C=CCN(CC(=C)Cl)C(=O)C(Cl)Cl. The third-order valence-corrected chi connectivity index (χ3v) is 1.70. The predicted molar refractivity (Wildman–Crippen MR) is 57.3 cm³/mol. The highest BCUT2D eigenvalue weighted by Gasteiger charge is 2.19. The number of alkyl halides is 2. The molecule has 0 spiro atoms. The molecule has 0 aromatic rings. The van der Waals surface area contributed by atoms with Gasteiger partial charge in [0.15, 0.2) is 4.84 Å². The summed E-state index contributed by atoms with van der Waals surface area (Å²) in [5.41, 5.74) is 0. The normalized spacial score (nSPS) is 9.85. The van der Waals surface area contributed by atoms with Gasteiger partial charge in [-0.15, -0.1) is 6.58 Å². The zero-order chi connectivity index (χ0) is 10.4. The van der Waals surface area contributed by atoms with Crippen LogP contribution in [0.5, 0.6) is 0 Å². The molecule has 0 rings (SSSR count). The van der Waals surface area contributed by atoms with Gasteiger partial charge >= 0.3 is 0 Å². The van der Waals surface area contributed by atoms with Gasteiger partial charge < -0.3 is 4.90 Å². The highest BCUT2D eigenvalue weighted by molar-refractivity contribution is 6.53. The fourth-order valence-corrected chi connectivity index (χ4v) is 1.15. The highest BCUT2D eigenvalue weighted by Crippen LogP contribution is 2.10. The van der Waals surface area contributed by atoms with Crippen molar-refractivity contribution in [3.8, 4) is 0 Å². The first kappa shape index (κ1) is 12.8. The Bertz CT molecular complexity index is 215. The monoisotopic (exact) mass is 241 g/mol. The third kappa shape index (κ3) is 5.19. The van der Waals surface area contributed by atoms with E-state index in [1.54, 1.807) is 6.08 Å². The Labute approximate surface area is 92.7 Å². The minimum absolute atomic E-state index is 0.225. The lowest BCUT2D eigenvalue weighted by atomic mass is 10.4. The van der Waals surface area contributed by atoms with Crippen molar-refractivity contribution in [1.82, 2.24) is 4.90 Å². The molecule has 0 aliphatic rings. The van der Waals surface area contributed by atoms with Crippen molar-refractivity contribution >= 4 is 40.7 Å². The molecule has 0 fully saturated rings. The number of halogens is 3. The number of carbonyl (C=O) groups is 1. The fraction of sp³-hybridized carbons (Fsp3) is 0.375. The Kier molecular flexibility index (Phi) is 6.21. The summed E-state index contributed by atoms with van der Waals surface area (Å²) in [6, 6.07) is 0. The van der Waals surface area contributed by atoms with Gasteiger partial charge in [0, 0.05) is 11.6 Å². The van der Waals surface area contributed by atoms with E-state index in [9.17, 15) is 4.79 Å². The Morgan fingerprint density at radius 2 is 2.08 bits per heavy atom. The molecule has 1 amide bonds. The van der Waals surface area contributed by atoms with Crippen molar-refractivity contribution in [2.75, 3.05) is 13.1 Å². The van der Waals surface area contributed by atoms with E-state index in [0.717, 1.165) is 0 Å². The molecule has 0 atom stereocenters. The first-order chi connectivity index (χ1) is 5.99. The predicted octanol–water partition coefficient (Wildman–Crippen LogP) is 2.56. The maximum atomic E-state index is 11.3. The van der Waals surface area contributed by atoms with Gasteiger partial charge in [-0.05, 0) is 0 Å². The smallest absolute Gasteiger partial charge is 0.256 e. The van der Waals surface area contributed by atoms with Gasteiger partial charge in [0.2, 0.25) is 0 Å². The number of hydrogen-bond acceptors (Lipinski definition) is 1. The van der Waals surface area contributed by atoms with Crippen molar-refractivity contribution in [2.24, 2.45) is 0 Å². The lowest BCUT2D eigenvalue weighted by molar-refractivity contribution is -0.128. The van der Waals surface area contributed by atoms with Crippen molar-refractivity contribution < 1.29 is 4.79 Å². The second-order valence-corrected chi connectivity index (χ2v) is 3.96. The van der Waals surface area contributed by atoms with Crippen LogP contribution >= 0.6 is 34.8 Å². The molecule has 0 unspecified atom stereocenters. The minimum atomic E-state index is -1.07. The Hall–Kier alpha value is -0.180. The van der Waals surface area contributed by atoms with Crippen LogP contribution in [0.4, 0.5) is 0 Å². The van der Waals surface area contributed by atoms with Gasteiger partial charge in [0.1, 0.15) is 0 Å². The number of amides is 1. The van der Waals surface area contributed by atoms with E-state index in [2.05, 4.69) is 13.2 Å². The second-order valence-electron chi connectivity index (χ2n) is 2.33. The third-order valence-electron chi connectivity index (χ3n) is 1.21. The Balaban J connectivity index is 4.31. The topological polar surface area (TPSA) is 20.3 Å². The van der Waals surface area contributed by atoms with E-state index < -0.39 is 10.7 Å². The van der Waals surface area contributed by atoms with Gasteiger partial charge in [-0.3, -0.25) is 4.79 Å². The van der Waals surface area contributed by atoms with Crippen LogP contribution in [0.1, 0.15) is 0 Å². The molecule has 0 aromatic heterocycles. The van der Waals surface area contributed by atoms with Crippen LogP contribution < -0.4 is 0 Å². The van der Waals surface area contributed by atoms with E-state index in [1.165, 1.54) is 4.90 Å². The highest BCUT2D eigenvalue weighted by atomic mass is 35.5. The molecule has 0 aromatic carbocycles. The summed E-state index contributed by atoms with van der Waals surface area (Å²) in [5, 5.41) is 0.351. The molecule has 0 N–H and O–H groups in total. The molecule has 0 saturated carbocycles. The molecule has 0 aliphatic heterocycles. The largest absolute Gasteiger partial charge is 0.331 e. The second kappa shape index (κ2) is 6.30. The number of carbonyl (C=O) groups excluding carboxylic acids is 1. The molecule has 0 aliphatic carbocycles. The van der Waals surface area contributed by atoms with E-state index in [-0.39, 0.29) is 6.54 Å². The molecular weight excluding hydrogens is 232 g/mol. The fourth-order valence-electron chi connectivity index (χ4n) is 0.733. The van der Waals surface area contributed by atoms with Crippen molar-refractivity contribution in [3.05, 3.63) is 24.3 Å². The zero-order valence-corrected chi connectivity index (χ0v) is 9.24. The van der Waals surface area contributed by atoms with Crippen molar-refractivity contribution in [2.45, 2.75) is 4.84 Å². The van der Waals surface area contributed by atoms with E-state index in [4.69, 9.17) is 34.8 Å². The average molecular weight is 243 g/mol. The summed E-state index contributed by atoms with van der Waals surface area (Å²) in [6.45, 7) is 7.54. The first-order valence-corrected chi connectivity index (χ1v) is 4.75. The van der Waals surface area contributed by atoms with Crippen molar-refractivity contribution in [1.29, 1.82) is 0 Å². The maximum absolute atomic E-state index is 11.3.